The standard InChI is InChI=1S/C21H26N2/c1-2-15-23(16-12-18-7-4-3-5-8-18)17-13-19-9-6-10-21-20(19)11-14-22-21/h3-11,14,22H,2,12-13,15-17H2,1H3. The van der Waals surface area contributed by atoms with Crippen LogP contribution in [-0.4, -0.2) is 29.5 Å². The molecule has 0 fully saturated rings. The summed E-state index contributed by atoms with van der Waals surface area (Å²) in [5.74, 6) is 0. The molecule has 0 atom stereocenters. The van der Waals surface area contributed by atoms with Crippen molar-refractivity contribution in [2.75, 3.05) is 19.6 Å². The number of hydrogen-bond acceptors (Lipinski definition) is 1. The Balaban J connectivity index is 1.60. The summed E-state index contributed by atoms with van der Waals surface area (Å²) in [6.07, 6.45) is 5.50. The van der Waals surface area contributed by atoms with Gasteiger partial charge < -0.3 is 9.88 Å². The number of aromatic amines is 1. The van der Waals surface area contributed by atoms with E-state index in [0.717, 1.165) is 25.9 Å². The molecule has 0 unspecified atom stereocenters. The van der Waals surface area contributed by atoms with Gasteiger partial charge in [0.2, 0.25) is 0 Å². The summed E-state index contributed by atoms with van der Waals surface area (Å²) in [7, 11) is 0. The van der Waals surface area contributed by atoms with E-state index >= 15 is 0 Å². The first-order chi connectivity index (χ1) is 11.4. The fraction of sp³-hybridized carbons (Fsp3) is 0.333. The fourth-order valence-electron chi connectivity index (χ4n) is 3.23. The van der Waals surface area contributed by atoms with E-state index in [1.807, 2.05) is 6.20 Å². The molecule has 0 aliphatic carbocycles. The van der Waals surface area contributed by atoms with Crippen LogP contribution < -0.4 is 0 Å². The molecule has 0 saturated heterocycles. The van der Waals surface area contributed by atoms with E-state index in [-0.39, 0.29) is 0 Å². The van der Waals surface area contributed by atoms with Crippen molar-refractivity contribution in [2.24, 2.45) is 0 Å². The molecule has 23 heavy (non-hydrogen) atoms. The van der Waals surface area contributed by atoms with Crippen LogP contribution in [0, 0.1) is 0 Å². The van der Waals surface area contributed by atoms with Crippen molar-refractivity contribution in [2.45, 2.75) is 26.2 Å². The molecule has 0 aliphatic heterocycles. The van der Waals surface area contributed by atoms with Crippen molar-refractivity contribution >= 4 is 10.9 Å². The monoisotopic (exact) mass is 306 g/mol. The highest BCUT2D eigenvalue weighted by Gasteiger charge is 2.07. The van der Waals surface area contributed by atoms with Crippen LogP contribution >= 0.6 is 0 Å². The second-order valence-electron chi connectivity index (χ2n) is 6.18. The molecule has 1 N–H and O–H groups in total. The number of H-pyrrole nitrogens is 1. The third kappa shape index (κ3) is 4.23. The zero-order valence-electron chi connectivity index (χ0n) is 14.0. The zero-order valence-corrected chi connectivity index (χ0v) is 14.0. The number of nitrogens with one attached hydrogen (secondary N) is 1. The molecule has 0 spiro atoms. The van der Waals surface area contributed by atoms with E-state index in [9.17, 15) is 0 Å². The van der Waals surface area contributed by atoms with Crippen LogP contribution in [-0.2, 0) is 12.8 Å². The van der Waals surface area contributed by atoms with Crippen LogP contribution in [0.2, 0.25) is 0 Å². The highest BCUT2D eigenvalue weighted by molar-refractivity contribution is 5.82. The van der Waals surface area contributed by atoms with E-state index in [4.69, 9.17) is 0 Å². The van der Waals surface area contributed by atoms with Crippen LogP contribution in [0.15, 0.2) is 60.8 Å². The summed E-state index contributed by atoms with van der Waals surface area (Å²) in [6.45, 7) is 5.71. The van der Waals surface area contributed by atoms with E-state index in [1.54, 1.807) is 0 Å². The normalized spacial score (nSPS) is 11.4. The Morgan fingerprint density at radius 2 is 1.65 bits per heavy atom. The maximum Gasteiger partial charge on any atom is 0.0456 e. The first-order valence-electron chi connectivity index (χ1n) is 8.68. The number of fused-ring (bicyclic) bond motifs is 1. The lowest BCUT2D eigenvalue weighted by atomic mass is 10.1. The molecule has 120 valence electrons. The maximum atomic E-state index is 3.31. The van der Waals surface area contributed by atoms with E-state index < -0.39 is 0 Å². The van der Waals surface area contributed by atoms with Gasteiger partial charge in [-0.05, 0) is 49.1 Å². The Kier molecular flexibility index (Phi) is 5.49. The van der Waals surface area contributed by atoms with Gasteiger partial charge in [-0.3, -0.25) is 0 Å². The first kappa shape index (κ1) is 15.8. The summed E-state index contributed by atoms with van der Waals surface area (Å²) < 4.78 is 0. The van der Waals surface area contributed by atoms with E-state index in [0.29, 0.717) is 0 Å². The predicted octanol–water partition coefficient (Wildman–Crippen LogP) is 4.67. The molecule has 1 aromatic heterocycles. The quantitative estimate of drug-likeness (QED) is 0.641. The third-order valence-corrected chi connectivity index (χ3v) is 4.48. The zero-order chi connectivity index (χ0) is 15.9. The topological polar surface area (TPSA) is 19.0 Å². The number of nitrogens with zero attached hydrogens (tertiary/aromatic N) is 1. The van der Waals surface area contributed by atoms with Gasteiger partial charge >= 0.3 is 0 Å². The van der Waals surface area contributed by atoms with Crippen molar-refractivity contribution in [3.05, 3.63) is 71.9 Å². The Labute approximate surface area is 139 Å². The number of aromatic nitrogens is 1. The third-order valence-electron chi connectivity index (χ3n) is 4.48. The molecule has 3 aromatic rings. The lowest BCUT2D eigenvalue weighted by molar-refractivity contribution is 0.281. The molecule has 2 nitrogen and oxygen atoms in total. The van der Waals surface area contributed by atoms with E-state index in [2.05, 4.69) is 71.4 Å². The molecule has 0 saturated carbocycles. The van der Waals surface area contributed by atoms with Gasteiger partial charge in [0.1, 0.15) is 0 Å². The average molecular weight is 306 g/mol. The predicted molar refractivity (Wildman–Crippen MR) is 98.9 cm³/mol. The van der Waals surface area contributed by atoms with Crippen molar-refractivity contribution < 1.29 is 0 Å². The number of hydrogen-bond donors (Lipinski definition) is 1. The molecule has 0 radical (unpaired) electrons. The summed E-state index contributed by atoms with van der Waals surface area (Å²) in [4.78, 5) is 5.90. The van der Waals surface area contributed by atoms with Gasteiger partial charge in [0.25, 0.3) is 0 Å². The highest BCUT2D eigenvalue weighted by Crippen LogP contribution is 2.18. The first-order valence-corrected chi connectivity index (χ1v) is 8.68. The summed E-state index contributed by atoms with van der Waals surface area (Å²) >= 11 is 0. The summed E-state index contributed by atoms with van der Waals surface area (Å²) in [6, 6.07) is 19.6. The Morgan fingerprint density at radius 3 is 2.48 bits per heavy atom. The Bertz CT molecular complexity index is 715. The van der Waals surface area contributed by atoms with Crippen molar-refractivity contribution in [1.82, 2.24) is 9.88 Å². The molecule has 2 aromatic carbocycles. The van der Waals surface area contributed by atoms with Crippen LogP contribution in [0.4, 0.5) is 0 Å². The summed E-state index contributed by atoms with van der Waals surface area (Å²) in [5.41, 5.74) is 4.12. The smallest absolute Gasteiger partial charge is 0.0456 e. The van der Waals surface area contributed by atoms with Crippen LogP contribution in [0.25, 0.3) is 10.9 Å². The molecule has 0 aliphatic rings. The van der Waals surface area contributed by atoms with Crippen molar-refractivity contribution in [3.63, 3.8) is 0 Å². The van der Waals surface area contributed by atoms with E-state index in [1.165, 1.54) is 35.0 Å². The minimum Gasteiger partial charge on any atom is -0.361 e. The van der Waals surface area contributed by atoms with Crippen LogP contribution in [0.3, 0.4) is 0 Å². The van der Waals surface area contributed by atoms with Gasteiger partial charge in [-0.15, -0.1) is 0 Å². The van der Waals surface area contributed by atoms with Gasteiger partial charge in [-0.2, -0.15) is 0 Å². The van der Waals surface area contributed by atoms with Gasteiger partial charge in [0.15, 0.2) is 0 Å². The average Bonchev–Trinajstić information content (AvgIpc) is 3.07. The molecule has 1 heterocycles. The summed E-state index contributed by atoms with van der Waals surface area (Å²) in [5, 5.41) is 1.37. The second-order valence-corrected chi connectivity index (χ2v) is 6.18. The minimum atomic E-state index is 1.12. The maximum absolute atomic E-state index is 3.31. The SMILES string of the molecule is CCCN(CCc1ccccc1)CCc1cccc2[nH]ccc12. The molecule has 0 amide bonds. The minimum absolute atomic E-state index is 1.12. The van der Waals surface area contributed by atoms with Crippen molar-refractivity contribution in [1.29, 1.82) is 0 Å². The highest BCUT2D eigenvalue weighted by atomic mass is 15.1. The molecular weight excluding hydrogens is 280 g/mol. The number of benzene rings is 2. The molecule has 3 rings (SSSR count). The Hall–Kier alpha value is -2.06. The lowest BCUT2D eigenvalue weighted by Gasteiger charge is -2.22. The lowest BCUT2D eigenvalue weighted by Crippen LogP contribution is -2.29. The van der Waals surface area contributed by atoms with Crippen LogP contribution in [0.1, 0.15) is 24.5 Å². The molecule has 2 heteroatoms. The van der Waals surface area contributed by atoms with Gasteiger partial charge in [-0.25, -0.2) is 0 Å². The number of rotatable bonds is 8. The van der Waals surface area contributed by atoms with Gasteiger partial charge in [-0.1, -0.05) is 49.4 Å². The van der Waals surface area contributed by atoms with Gasteiger partial charge in [0.05, 0.1) is 0 Å². The largest absolute Gasteiger partial charge is 0.361 e. The van der Waals surface area contributed by atoms with Gasteiger partial charge in [0, 0.05) is 30.2 Å². The molecular formula is C21H26N2. The van der Waals surface area contributed by atoms with Crippen LogP contribution in [0.5, 0.6) is 0 Å². The second kappa shape index (κ2) is 7.98. The fourth-order valence-corrected chi connectivity index (χ4v) is 3.23. The Morgan fingerprint density at radius 1 is 0.826 bits per heavy atom. The molecule has 0 bridgehead atoms. The van der Waals surface area contributed by atoms with Crippen molar-refractivity contribution in [3.8, 4) is 0 Å².